The van der Waals surface area contributed by atoms with Crippen LogP contribution in [0.4, 0.5) is 0 Å². The fraction of sp³-hybridized carbons (Fsp3) is 0.217. The van der Waals surface area contributed by atoms with Crippen molar-refractivity contribution in [2.75, 3.05) is 0 Å². The Bertz CT molecular complexity index is 969. The maximum Gasteiger partial charge on any atom is 0.0304 e. The first-order valence-corrected chi connectivity index (χ1v) is 9.03. The van der Waals surface area contributed by atoms with E-state index in [1.54, 1.807) is 0 Å². The van der Waals surface area contributed by atoms with E-state index < -0.39 is 0 Å². The second kappa shape index (κ2) is 6.73. The Balaban J connectivity index is 0.000000272. The van der Waals surface area contributed by atoms with Gasteiger partial charge in [0.05, 0.1) is 0 Å². The third kappa shape index (κ3) is 2.94. The Hall–Kier alpha value is -2.58. The number of fused-ring (bicyclic) bond motifs is 5. The van der Waals surface area contributed by atoms with Gasteiger partial charge in [-0.05, 0) is 63.6 Å². The lowest BCUT2D eigenvalue weighted by molar-refractivity contribution is 0.517. The minimum absolute atomic E-state index is 0.186. The molecule has 5 rings (SSSR count). The van der Waals surface area contributed by atoms with Gasteiger partial charge in [0.25, 0.3) is 0 Å². The van der Waals surface area contributed by atoms with Crippen LogP contribution < -0.4 is 5.73 Å². The second-order valence-electron chi connectivity index (χ2n) is 6.92. The minimum Gasteiger partial charge on any atom is -0.368 e. The van der Waals surface area contributed by atoms with Gasteiger partial charge in [0.2, 0.25) is 0 Å². The second-order valence-corrected chi connectivity index (χ2v) is 6.92. The van der Waals surface area contributed by atoms with Crippen LogP contribution in [0.25, 0.3) is 21.5 Å². The summed E-state index contributed by atoms with van der Waals surface area (Å²) >= 11 is 0. The molecule has 0 spiro atoms. The molecule has 1 aliphatic rings. The number of aromatic nitrogens is 1. The van der Waals surface area contributed by atoms with E-state index in [1.165, 1.54) is 39.1 Å². The Morgan fingerprint density at radius 2 is 1.56 bits per heavy atom. The molecule has 0 saturated carbocycles. The third-order valence-electron chi connectivity index (χ3n) is 5.31. The first-order chi connectivity index (χ1) is 12.3. The molecular weight excluding hydrogens is 304 g/mol. The summed E-state index contributed by atoms with van der Waals surface area (Å²) in [6.07, 6.45) is 6.05. The Kier molecular flexibility index (Phi) is 4.29. The van der Waals surface area contributed by atoms with Crippen LogP contribution in [0.15, 0.2) is 73.1 Å². The van der Waals surface area contributed by atoms with Crippen LogP contribution >= 0.6 is 0 Å². The number of nitrogens with one attached hydrogen (secondary N) is 1. The maximum absolute atomic E-state index is 6.42. The monoisotopic (exact) mass is 328 g/mol. The number of hydrogen-bond donors (Lipinski definition) is 2. The molecule has 3 aromatic carbocycles. The molecule has 126 valence electrons. The molecule has 3 N–H and O–H groups in total. The summed E-state index contributed by atoms with van der Waals surface area (Å²) in [6.45, 7) is 2.32. The van der Waals surface area contributed by atoms with Gasteiger partial charge in [-0.3, -0.25) is 0 Å². The fourth-order valence-corrected chi connectivity index (χ4v) is 3.98. The van der Waals surface area contributed by atoms with Crippen molar-refractivity contribution in [2.45, 2.75) is 31.7 Å². The molecular formula is C23H24N2. The Morgan fingerprint density at radius 1 is 0.800 bits per heavy atom. The van der Waals surface area contributed by atoms with Gasteiger partial charge in [-0.25, -0.2) is 0 Å². The summed E-state index contributed by atoms with van der Waals surface area (Å²) in [7, 11) is 0. The predicted molar refractivity (Wildman–Crippen MR) is 107 cm³/mol. The molecule has 2 nitrogen and oxygen atoms in total. The number of H-pyrrole nitrogens is 1. The summed E-state index contributed by atoms with van der Waals surface area (Å²) < 4.78 is 0. The number of aromatic amines is 1. The lowest BCUT2D eigenvalue weighted by atomic mass is 9.78. The summed E-state index contributed by atoms with van der Waals surface area (Å²) in [6, 6.07) is 21.7. The van der Waals surface area contributed by atoms with Gasteiger partial charge >= 0.3 is 0 Å². The summed E-state index contributed by atoms with van der Waals surface area (Å²) in [5, 5.41) is 5.32. The highest BCUT2D eigenvalue weighted by molar-refractivity contribution is 6.08. The average Bonchev–Trinajstić information content (AvgIpc) is 3.24. The smallest absolute Gasteiger partial charge is 0.0304 e. The SMILES string of the molecule is CC1CCC(N)c2c1ccc1c2ccc2ccccc21.c1cc[nH]c1. The molecule has 2 atom stereocenters. The van der Waals surface area contributed by atoms with Crippen LogP contribution in [-0.4, -0.2) is 4.98 Å². The molecule has 1 aromatic heterocycles. The standard InChI is InChI=1S/C19H19N.C4H5N/c1-12-6-11-18(20)19-14(12)9-10-16-15-5-3-2-4-13(15)7-8-17(16)19;1-2-4-5-3-1/h2-5,7-10,12,18H,6,11,20H2,1H3;1-5H. The van der Waals surface area contributed by atoms with Crippen molar-refractivity contribution in [3.05, 3.63) is 84.2 Å². The number of hydrogen-bond acceptors (Lipinski definition) is 1. The Labute approximate surface area is 148 Å². The van der Waals surface area contributed by atoms with Gasteiger partial charge in [-0.15, -0.1) is 0 Å². The normalized spacial score (nSPS) is 19.3. The van der Waals surface area contributed by atoms with Crippen molar-refractivity contribution in [1.29, 1.82) is 0 Å². The van der Waals surface area contributed by atoms with Crippen molar-refractivity contribution >= 4 is 21.5 Å². The van der Waals surface area contributed by atoms with Crippen molar-refractivity contribution < 1.29 is 0 Å². The van der Waals surface area contributed by atoms with E-state index in [-0.39, 0.29) is 6.04 Å². The summed E-state index contributed by atoms with van der Waals surface area (Å²) in [4.78, 5) is 2.86. The number of nitrogens with two attached hydrogens (primary N) is 1. The molecule has 2 unspecified atom stereocenters. The van der Waals surface area contributed by atoms with E-state index >= 15 is 0 Å². The van der Waals surface area contributed by atoms with Gasteiger partial charge < -0.3 is 10.7 Å². The first kappa shape index (κ1) is 15.9. The van der Waals surface area contributed by atoms with Crippen LogP contribution in [0.1, 0.15) is 42.9 Å². The zero-order valence-electron chi connectivity index (χ0n) is 14.6. The average molecular weight is 328 g/mol. The zero-order valence-corrected chi connectivity index (χ0v) is 14.6. The van der Waals surface area contributed by atoms with Crippen LogP contribution in [0.3, 0.4) is 0 Å². The largest absolute Gasteiger partial charge is 0.368 e. The molecule has 4 aromatic rings. The fourth-order valence-electron chi connectivity index (χ4n) is 3.98. The molecule has 0 aliphatic heterocycles. The molecule has 2 heteroatoms. The van der Waals surface area contributed by atoms with Gasteiger partial charge in [-0.2, -0.15) is 0 Å². The van der Waals surface area contributed by atoms with Crippen LogP contribution in [0, 0.1) is 0 Å². The molecule has 0 amide bonds. The van der Waals surface area contributed by atoms with Crippen LogP contribution in [-0.2, 0) is 0 Å². The van der Waals surface area contributed by atoms with Crippen LogP contribution in [0.5, 0.6) is 0 Å². The van der Waals surface area contributed by atoms with E-state index in [9.17, 15) is 0 Å². The highest BCUT2D eigenvalue weighted by Crippen LogP contribution is 2.41. The number of benzene rings is 3. The topological polar surface area (TPSA) is 41.8 Å². The van der Waals surface area contributed by atoms with E-state index in [4.69, 9.17) is 5.73 Å². The molecule has 0 saturated heterocycles. The van der Waals surface area contributed by atoms with E-state index in [0.29, 0.717) is 5.92 Å². The van der Waals surface area contributed by atoms with E-state index in [2.05, 4.69) is 60.4 Å². The molecule has 0 radical (unpaired) electrons. The Morgan fingerprint density at radius 3 is 2.32 bits per heavy atom. The van der Waals surface area contributed by atoms with Crippen molar-refractivity contribution in [2.24, 2.45) is 5.73 Å². The lowest BCUT2D eigenvalue weighted by Crippen LogP contribution is -2.19. The maximum atomic E-state index is 6.42. The summed E-state index contributed by atoms with van der Waals surface area (Å²) in [5.74, 6) is 0.626. The minimum atomic E-state index is 0.186. The van der Waals surface area contributed by atoms with Crippen molar-refractivity contribution in [3.63, 3.8) is 0 Å². The molecule has 25 heavy (non-hydrogen) atoms. The quantitative estimate of drug-likeness (QED) is 0.387. The first-order valence-electron chi connectivity index (χ1n) is 9.03. The molecule has 1 aliphatic carbocycles. The molecule has 1 heterocycles. The predicted octanol–water partition coefficient (Wildman–Crippen LogP) is 5.90. The third-order valence-corrected chi connectivity index (χ3v) is 5.31. The highest BCUT2D eigenvalue weighted by atomic mass is 14.6. The molecule has 0 fully saturated rings. The molecule has 0 bridgehead atoms. The summed E-state index contributed by atoms with van der Waals surface area (Å²) in [5.41, 5.74) is 9.25. The van der Waals surface area contributed by atoms with Gasteiger partial charge in [0.1, 0.15) is 0 Å². The van der Waals surface area contributed by atoms with Gasteiger partial charge in [0, 0.05) is 18.4 Å². The highest BCUT2D eigenvalue weighted by Gasteiger charge is 2.24. The lowest BCUT2D eigenvalue weighted by Gasteiger charge is -2.29. The number of rotatable bonds is 0. The van der Waals surface area contributed by atoms with Crippen LogP contribution in [0.2, 0.25) is 0 Å². The van der Waals surface area contributed by atoms with Crippen molar-refractivity contribution in [3.8, 4) is 0 Å². The van der Waals surface area contributed by atoms with E-state index in [0.717, 1.165) is 6.42 Å². The van der Waals surface area contributed by atoms with Gasteiger partial charge in [-0.1, -0.05) is 55.5 Å². The zero-order chi connectivity index (χ0) is 17.2. The van der Waals surface area contributed by atoms with Crippen molar-refractivity contribution in [1.82, 2.24) is 4.98 Å². The van der Waals surface area contributed by atoms with Gasteiger partial charge in [0.15, 0.2) is 0 Å². The van der Waals surface area contributed by atoms with E-state index in [1.807, 2.05) is 24.5 Å².